The summed E-state index contributed by atoms with van der Waals surface area (Å²) in [4.78, 5) is 4.63. The molecule has 4 rings (SSSR count). The van der Waals surface area contributed by atoms with E-state index in [1.165, 1.54) is 18.2 Å². The second kappa shape index (κ2) is 7.33. The predicted molar refractivity (Wildman–Crippen MR) is 113 cm³/mol. The second-order valence-corrected chi connectivity index (χ2v) is 8.84. The second-order valence-electron chi connectivity index (χ2n) is 7.12. The van der Waals surface area contributed by atoms with Crippen LogP contribution < -0.4 is 4.72 Å². The molecule has 0 atom stereocenters. The molecule has 0 unspecified atom stereocenters. The maximum atomic E-state index is 13.4. The number of rotatable bonds is 5. The fourth-order valence-electron chi connectivity index (χ4n) is 3.16. The third kappa shape index (κ3) is 4.30. The summed E-state index contributed by atoms with van der Waals surface area (Å²) < 4.78 is 43.1. The van der Waals surface area contributed by atoms with Crippen LogP contribution in [0.2, 0.25) is 0 Å². The number of hydrogen-bond acceptors (Lipinski definition) is 3. The summed E-state index contributed by atoms with van der Waals surface area (Å²) in [6.07, 6.45) is 3.85. The number of aryl methyl sites for hydroxylation is 2. The first-order valence-electron chi connectivity index (χ1n) is 9.10. The van der Waals surface area contributed by atoms with E-state index < -0.39 is 15.8 Å². The fourth-order valence-corrected chi connectivity index (χ4v) is 4.41. The third-order valence-corrected chi connectivity index (χ3v) is 5.90. The normalized spacial score (nSPS) is 11.7. The van der Waals surface area contributed by atoms with Crippen LogP contribution in [0.5, 0.6) is 0 Å². The summed E-state index contributed by atoms with van der Waals surface area (Å²) in [6, 6.07) is 15.1. The number of hydrogen-bond donors (Lipinski definition) is 1. The van der Waals surface area contributed by atoms with Gasteiger partial charge in [-0.1, -0.05) is 24.3 Å². The molecular weight excluding hydrogens is 389 g/mol. The molecule has 0 bridgehead atoms. The van der Waals surface area contributed by atoms with Crippen molar-refractivity contribution in [1.82, 2.24) is 9.38 Å². The zero-order valence-electron chi connectivity index (χ0n) is 16.1. The Morgan fingerprint density at radius 1 is 1.07 bits per heavy atom. The van der Waals surface area contributed by atoms with Gasteiger partial charge in [0.2, 0.25) is 10.0 Å². The Balaban J connectivity index is 1.64. The number of imidazole rings is 1. The minimum absolute atomic E-state index is 0.304. The van der Waals surface area contributed by atoms with Gasteiger partial charge < -0.3 is 4.40 Å². The molecule has 148 valence electrons. The van der Waals surface area contributed by atoms with Gasteiger partial charge in [-0.05, 0) is 60.9 Å². The van der Waals surface area contributed by atoms with E-state index in [1.54, 1.807) is 12.1 Å². The molecule has 1 N–H and O–H groups in total. The number of anilines is 1. The Kier molecular flexibility index (Phi) is 4.84. The molecule has 0 amide bonds. The van der Waals surface area contributed by atoms with Gasteiger partial charge in [0.15, 0.2) is 0 Å². The highest BCUT2D eigenvalue weighted by molar-refractivity contribution is 7.91. The molecule has 0 spiro atoms. The lowest BCUT2D eigenvalue weighted by molar-refractivity contribution is 0.599. The van der Waals surface area contributed by atoms with Crippen molar-refractivity contribution in [1.29, 1.82) is 0 Å². The van der Waals surface area contributed by atoms with Crippen molar-refractivity contribution in [3.63, 3.8) is 0 Å². The molecular formula is C22H20FN3O2S. The molecule has 5 nitrogen and oxygen atoms in total. The molecule has 0 fully saturated rings. The predicted octanol–water partition coefficient (Wildman–Crippen LogP) is 4.70. The van der Waals surface area contributed by atoms with Crippen molar-refractivity contribution in [3.05, 3.63) is 89.5 Å². The van der Waals surface area contributed by atoms with E-state index in [0.717, 1.165) is 28.0 Å². The van der Waals surface area contributed by atoms with Gasteiger partial charge in [0.1, 0.15) is 11.5 Å². The molecule has 2 heterocycles. The van der Waals surface area contributed by atoms with Crippen LogP contribution in [0.1, 0.15) is 16.7 Å². The molecule has 29 heavy (non-hydrogen) atoms. The van der Waals surface area contributed by atoms with Crippen LogP contribution >= 0.6 is 0 Å². The SMILES string of the molecule is Cc1ccn2cc(-c3ccc(C)c(NS(=O)(=O)Cc4cccc(F)c4)c3)nc2c1. The Bertz CT molecular complexity index is 1310. The molecule has 4 aromatic rings. The van der Waals surface area contributed by atoms with Gasteiger partial charge in [0, 0.05) is 18.0 Å². The van der Waals surface area contributed by atoms with Gasteiger partial charge in [0.25, 0.3) is 0 Å². The fraction of sp³-hybridized carbons (Fsp3) is 0.136. The summed E-state index contributed by atoms with van der Waals surface area (Å²) in [5.41, 5.74) is 5.16. The molecule has 0 aliphatic rings. The first kappa shape index (κ1) is 19.1. The van der Waals surface area contributed by atoms with Crippen molar-refractivity contribution in [2.45, 2.75) is 19.6 Å². The summed E-state index contributed by atoms with van der Waals surface area (Å²) in [7, 11) is -3.70. The molecule has 0 saturated carbocycles. The van der Waals surface area contributed by atoms with Crippen LogP contribution in [-0.4, -0.2) is 17.8 Å². The standard InChI is InChI=1S/C22H20FN3O2S/c1-15-8-9-26-13-21(24-22(26)10-15)18-7-6-16(2)20(12-18)25-29(27,28)14-17-4-3-5-19(23)11-17/h3-13,25H,14H2,1-2H3. The van der Waals surface area contributed by atoms with E-state index in [0.29, 0.717) is 11.3 Å². The maximum Gasteiger partial charge on any atom is 0.236 e. The van der Waals surface area contributed by atoms with E-state index >= 15 is 0 Å². The average Bonchev–Trinajstić information content (AvgIpc) is 3.06. The van der Waals surface area contributed by atoms with Gasteiger partial charge in [-0.3, -0.25) is 4.72 Å². The topological polar surface area (TPSA) is 63.5 Å². The lowest BCUT2D eigenvalue weighted by atomic mass is 10.1. The smallest absolute Gasteiger partial charge is 0.236 e. The van der Waals surface area contributed by atoms with Crippen molar-refractivity contribution in [2.24, 2.45) is 0 Å². The van der Waals surface area contributed by atoms with Crippen LogP contribution in [0.15, 0.2) is 67.0 Å². The van der Waals surface area contributed by atoms with Gasteiger partial charge in [-0.25, -0.2) is 17.8 Å². The first-order chi connectivity index (χ1) is 13.8. The summed E-state index contributed by atoms with van der Waals surface area (Å²) in [5, 5.41) is 0. The highest BCUT2D eigenvalue weighted by Crippen LogP contribution is 2.26. The van der Waals surface area contributed by atoms with Crippen LogP contribution in [0.3, 0.4) is 0 Å². The van der Waals surface area contributed by atoms with Crippen LogP contribution in [0.25, 0.3) is 16.9 Å². The zero-order valence-corrected chi connectivity index (χ0v) is 16.9. The summed E-state index contributed by atoms with van der Waals surface area (Å²) >= 11 is 0. The number of halogens is 1. The number of nitrogens with one attached hydrogen (secondary N) is 1. The summed E-state index contributed by atoms with van der Waals surface area (Å²) in [5.74, 6) is -0.764. The van der Waals surface area contributed by atoms with Gasteiger partial charge >= 0.3 is 0 Å². The van der Waals surface area contributed by atoms with Crippen LogP contribution in [0.4, 0.5) is 10.1 Å². The lowest BCUT2D eigenvalue weighted by Gasteiger charge is -2.12. The molecule has 7 heteroatoms. The maximum absolute atomic E-state index is 13.4. The Labute approximate surface area is 168 Å². The van der Waals surface area contributed by atoms with E-state index in [-0.39, 0.29) is 5.75 Å². The molecule has 2 aromatic heterocycles. The van der Waals surface area contributed by atoms with Crippen LogP contribution in [-0.2, 0) is 15.8 Å². The number of pyridine rings is 1. The van der Waals surface area contributed by atoms with E-state index in [9.17, 15) is 12.8 Å². The van der Waals surface area contributed by atoms with E-state index in [2.05, 4.69) is 9.71 Å². The van der Waals surface area contributed by atoms with Crippen molar-refractivity contribution < 1.29 is 12.8 Å². The first-order valence-corrected chi connectivity index (χ1v) is 10.8. The minimum Gasteiger partial charge on any atom is -0.306 e. The van der Waals surface area contributed by atoms with Gasteiger partial charge in [-0.2, -0.15) is 0 Å². The minimum atomic E-state index is -3.70. The van der Waals surface area contributed by atoms with E-state index in [1.807, 2.05) is 54.9 Å². The highest BCUT2D eigenvalue weighted by Gasteiger charge is 2.15. The lowest BCUT2D eigenvalue weighted by Crippen LogP contribution is -2.16. The third-order valence-electron chi connectivity index (χ3n) is 4.66. The number of sulfonamides is 1. The van der Waals surface area contributed by atoms with Crippen LogP contribution in [0, 0.1) is 19.7 Å². The Morgan fingerprint density at radius 3 is 2.69 bits per heavy atom. The van der Waals surface area contributed by atoms with Gasteiger partial charge in [-0.15, -0.1) is 0 Å². The number of aromatic nitrogens is 2. The van der Waals surface area contributed by atoms with Crippen molar-refractivity contribution >= 4 is 21.4 Å². The zero-order chi connectivity index (χ0) is 20.6. The van der Waals surface area contributed by atoms with Crippen molar-refractivity contribution in [3.8, 4) is 11.3 Å². The number of nitrogens with zero attached hydrogens (tertiary/aromatic N) is 2. The molecule has 0 radical (unpaired) electrons. The average molecular weight is 409 g/mol. The van der Waals surface area contributed by atoms with Crippen molar-refractivity contribution in [2.75, 3.05) is 4.72 Å². The Hall–Kier alpha value is -3.19. The van der Waals surface area contributed by atoms with E-state index in [4.69, 9.17) is 0 Å². The molecule has 0 saturated heterocycles. The quantitative estimate of drug-likeness (QED) is 0.520. The highest BCUT2D eigenvalue weighted by atomic mass is 32.2. The molecule has 2 aromatic carbocycles. The number of benzene rings is 2. The number of fused-ring (bicyclic) bond motifs is 1. The van der Waals surface area contributed by atoms with Gasteiger partial charge in [0.05, 0.1) is 17.1 Å². The molecule has 0 aliphatic heterocycles. The summed E-state index contributed by atoms with van der Waals surface area (Å²) in [6.45, 7) is 3.84. The monoisotopic (exact) mass is 409 g/mol. The largest absolute Gasteiger partial charge is 0.306 e. The Morgan fingerprint density at radius 2 is 1.90 bits per heavy atom. The molecule has 0 aliphatic carbocycles.